The number of thiocarbonyl (C=S) groups is 1. The Morgan fingerprint density at radius 1 is 1.64 bits per heavy atom. The van der Waals surface area contributed by atoms with Crippen LogP contribution in [0.1, 0.15) is 19.8 Å². The van der Waals surface area contributed by atoms with Gasteiger partial charge in [0, 0.05) is 0 Å². The minimum Gasteiger partial charge on any atom is -0.114 e. The van der Waals surface area contributed by atoms with Crippen LogP contribution in [0.3, 0.4) is 0 Å². The Labute approximate surface area is 77.8 Å². The van der Waals surface area contributed by atoms with E-state index in [4.69, 9.17) is 12.2 Å². The summed E-state index contributed by atoms with van der Waals surface area (Å²) in [5.41, 5.74) is 1.25. The molecule has 1 aliphatic carbocycles. The lowest BCUT2D eigenvalue weighted by Gasteiger charge is -2.06. The first-order valence-corrected chi connectivity index (χ1v) is 5.28. The van der Waals surface area contributed by atoms with E-state index in [0.29, 0.717) is 0 Å². The maximum atomic E-state index is 5.22. The van der Waals surface area contributed by atoms with Crippen LogP contribution in [0.5, 0.6) is 0 Å². The van der Waals surface area contributed by atoms with Crippen LogP contribution in [0, 0.1) is 0 Å². The molecule has 0 amide bonds. The zero-order chi connectivity index (χ0) is 8.10. The van der Waals surface area contributed by atoms with Gasteiger partial charge < -0.3 is 0 Å². The number of hydrogen-bond donors (Lipinski definition) is 0. The number of thioether (sulfide) groups is 1. The average molecular weight is 184 g/mol. The molecule has 0 aromatic heterocycles. The van der Waals surface area contributed by atoms with E-state index in [2.05, 4.69) is 25.2 Å². The molecule has 0 heterocycles. The van der Waals surface area contributed by atoms with Gasteiger partial charge in [0.2, 0.25) is 0 Å². The monoisotopic (exact) mass is 184 g/mol. The second kappa shape index (κ2) is 4.73. The van der Waals surface area contributed by atoms with Crippen LogP contribution in [-0.2, 0) is 0 Å². The lowest BCUT2D eigenvalue weighted by Crippen LogP contribution is -1.94. The summed E-state index contributed by atoms with van der Waals surface area (Å²) in [5.74, 6) is 1.07. The molecule has 0 bridgehead atoms. The highest BCUT2D eigenvalue weighted by atomic mass is 32.2. The third-order valence-corrected chi connectivity index (χ3v) is 2.88. The Hall–Kier alpha value is -0.0800. The zero-order valence-electron chi connectivity index (χ0n) is 6.67. The zero-order valence-corrected chi connectivity index (χ0v) is 8.30. The summed E-state index contributed by atoms with van der Waals surface area (Å²) in [6, 6.07) is 0. The Kier molecular flexibility index (Phi) is 3.87. The van der Waals surface area contributed by atoms with Crippen molar-refractivity contribution in [3.8, 4) is 0 Å². The van der Waals surface area contributed by atoms with Crippen molar-refractivity contribution >= 4 is 28.2 Å². The third kappa shape index (κ3) is 2.80. The normalized spacial score (nSPS) is 16.3. The van der Waals surface area contributed by atoms with Gasteiger partial charge in [-0.3, -0.25) is 0 Å². The van der Waals surface area contributed by atoms with Crippen molar-refractivity contribution in [3.05, 3.63) is 23.8 Å². The van der Waals surface area contributed by atoms with E-state index in [1.807, 2.05) is 0 Å². The van der Waals surface area contributed by atoms with Gasteiger partial charge in [0.1, 0.15) is 0 Å². The molecule has 0 aliphatic heterocycles. The SMILES string of the molecule is CCSC(=S)C1=CCCC=C1. The molecule has 0 radical (unpaired) electrons. The van der Waals surface area contributed by atoms with Crippen molar-refractivity contribution in [2.75, 3.05) is 5.75 Å². The standard InChI is InChI=1S/C9H12S2/c1-2-11-9(10)8-6-4-3-5-7-8/h4,6-7H,2-3,5H2,1H3. The summed E-state index contributed by atoms with van der Waals surface area (Å²) in [6.07, 6.45) is 8.87. The van der Waals surface area contributed by atoms with E-state index in [1.54, 1.807) is 11.8 Å². The first-order chi connectivity index (χ1) is 5.34. The molecule has 0 nitrogen and oxygen atoms in total. The van der Waals surface area contributed by atoms with Gasteiger partial charge in [-0.15, -0.1) is 11.8 Å². The lowest BCUT2D eigenvalue weighted by atomic mass is 10.1. The van der Waals surface area contributed by atoms with E-state index in [-0.39, 0.29) is 0 Å². The van der Waals surface area contributed by atoms with Crippen molar-refractivity contribution in [1.29, 1.82) is 0 Å². The van der Waals surface area contributed by atoms with Crippen LogP contribution < -0.4 is 0 Å². The van der Waals surface area contributed by atoms with Crippen molar-refractivity contribution in [1.82, 2.24) is 0 Å². The van der Waals surface area contributed by atoms with E-state index < -0.39 is 0 Å². The third-order valence-electron chi connectivity index (χ3n) is 1.51. The molecule has 2 heteroatoms. The first-order valence-electron chi connectivity index (χ1n) is 3.88. The molecule has 0 saturated carbocycles. The molecule has 0 atom stereocenters. The maximum Gasteiger partial charge on any atom is 0.0774 e. The molecular weight excluding hydrogens is 172 g/mol. The molecule has 1 rings (SSSR count). The van der Waals surface area contributed by atoms with Crippen LogP contribution >= 0.6 is 24.0 Å². The van der Waals surface area contributed by atoms with Gasteiger partial charge in [-0.2, -0.15) is 0 Å². The predicted molar refractivity (Wildman–Crippen MR) is 57.2 cm³/mol. The fraction of sp³-hybridized carbons (Fsp3) is 0.444. The molecule has 0 unspecified atom stereocenters. The number of rotatable bonds is 2. The second-order valence-corrected chi connectivity index (χ2v) is 4.30. The Balaban J connectivity index is 2.52. The van der Waals surface area contributed by atoms with E-state index in [1.165, 1.54) is 12.0 Å². The average Bonchev–Trinajstić information content (AvgIpc) is 2.07. The number of hydrogen-bond acceptors (Lipinski definition) is 2. The molecule has 0 spiro atoms. The van der Waals surface area contributed by atoms with Crippen LogP contribution in [0.4, 0.5) is 0 Å². The number of allylic oxidation sites excluding steroid dienone is 3. The molecule has 11 heavy (non-hydrogen) atoms. The summed E-state index contributed by atoms with van der Waals surface area (Å²) in [5, 5.41) is 0. The minimum absolute atomic E-state index is 1.04. The molecule has 0 saturated heterocycles. The highest BCUT2D eigenvalue weighted by Crippen LogP contribution is 2.18. The van der Waals surface area contributed by atoms with Crippen molar-refractivity contribution in [2.45, 2.75) is 19.8 Å². The van der Waals surface area contributed by atoms with Crippen LogP contribution in [0.15, 0.2) is 23.8 Å². The van der Waals surface area contributed by atoms with Gasteiger partial charge in [-0.1, -0.05) is 37.4 Å². The topological polar surface area (TPSA) is 0 Å². The molecule has 60 valence electrons. The summed E-state index contributed by atoms with van der Waals surface area (Å²) < 4.78 is 1.04. The van der Waals surface area contributed by atoms with Crippen LogP contribution in [0.25, 0.3) is 0 Å². The van der Waals surface area contributed by atoms with Crippen molar-refractivity contribution < 1.29 is 0 Å². The Bertz CT molecular complexity index is 202. The highest BCUT2D eigenvalue weighted by molar-refractivity contribution is 8.23. The highest BCUT2D eigenvalue weighted by Gasteiger charge is 2.02. The van der Waals surface area contributed by atoms with Crippen LogP contribution in [-0.4, -0.2) is 9.95 Å². The molecule has 1 aliphatic rings. The predicted octanol–water partition coefficient (Wildman–Crippen LogP) is 3.34. The fourth-order valence-electron chi connectivity index (χ4n) is 0.979. The molecule has 0 fully saturated rings. The minimum atomic E-state index is 1.04. The maximum absolute atomic E-state index is 5.22. The molecular formula is C9H12S2. The summed E-state index contributed by atoms with van der Waals surface area (Å²) >= 11 is 6.97. The Morgan fingerprint density at radius 3 is 3.00 bits per heavy atom. The van der Waals surface area contributed by atoms with Gasteiger partial charge in [0.15, 0.2) is 0 Å². The van der Waals surface area contributed by atoms with Gasteiger partial charge in [0.05, 0.1) is 4.20 Å². The summed E-state index contributed by atoms with van der Waals surface area (Å²) in [6.45, 7) is 2.13. The van der Waals surface area contributed by atoms with Crippen molar-refractivity contribution in [3.63, 3.8) is 0 Å². The second-order valence-electron chi connectivity index (χ2n) is 2.36. The lowest BCUT2D eigenvalue weighted by molar-refractivity contribution is 1.03. The molecule has 0 N–H and O–H groups in total. The van der Waals surface area contributed by atoms with Crippen LogP contribution in [0.2, 0.25) is 0 Å². The van der Waals surface area contributed by atoms with E-state index >= 15 is 0 Å². The van der Waals surface area contributed by atoms with E-state index in [0.717, 1.165) is 16.4 Å². The summed E-state index contributed by atoms with van der Waals surface area (Å²) in [4.78, 5) is 0. The van der Waals surface area contributed by atoms with Gasteiger partial charge >= 0.3 is 0 Å². The molecule has 0 aromatic carbocycles. The fourth-order valence-corrected chi connectivity index (χ4v) is 2.06. The quantitative estimate of drug-likeness (QED) is 0.604. The summed E-state index contributed by atoms with van der Waals surface area (Å²) in [7, 11) is 0. The Morgan fingerprint density at radius 2 is 2.45 bits per heavy atom. The van der Waals surface area contributed by atoms with Gasteiger partial charge in [-0.05, 0) is 24.2 Å². The van der Waals surface area contributed by atoms with Gasteiger partial charge in [-0.25, -0.2) is 0 Å². The van der Waals surface area contributed by atoms with Gasteiger partial charge in [0.25, 0.3) is 0 Å². The smallest absolute Gasteiger partial charge is 0.0774 e. The van der Waals surface area contributed by atoms with Crippen molar-refractivity contribution in [2.24, 2.45) is 0 Å². The first kappa shape index (κ1) is 9.01. The van der Waals surface area contributed by atoms with E-state index in [9.17, 15) is 0 Å². The largest absolute Gasteiger partial charge is 0.114 e. The molecule has 0 aromatic rings.